The average Bonchev–Trinajstić information content (AvgIpc) is 2.95. The number of aromatic nitrogens is 2. The minimum atomic E-state index is 0.240. The summed E-state index contributed by atoms with van der Waals surface area (Å²) in [5.41, 5.74) is 2.91. The van der Waals surface area contributed by atoms with Gasteiger partial charge < -0.3 is 15.5 Å². The highest BCUT2D eigenvalue weighted by molar-refractivity contribution is 5.80. The number of guanidine groups is 1. The molecule has 0 saturated heterocycles. The minimum Gasteiger partial charge on any atom is -0.355 e. The maximum absolute atomic E-state index is 4.81. The zero-order valence-corrected chi connectivity index (χ0v) is 18.6. The van der Waals surface area contributed by atoms with E-state index in [0.29, 0.717) is 12.1 Å². The van der Waals surface area contributed by atoms with E-state index in [9.17, 15) is 0 Å². The van der Waals surface area contributed by atoms with E-state index in [2.05, 4.69) is 59.3 Å². The van der Waals surface area contributed by atoms with Crippen LogP contribution < -0.4 is 10.6 Å². The Morgan fingerprint density at radius 2 is 2.00 bits per heavy atom. The molecule has 6 heteroatoms. The fourth-order valence-electron chi connectivity index (χ4n) is 4.71. The van der Waals surface area contributed by atoms with E-state index in [1.54, 1.807) is 0 Å². The van der Waals surface area contributed by atoms with Crippen molar-refractivity contribution >= 4 is 5.96 Å². The Labute approximate surface area is 171 Å². The molecular formula is C22H40N6. The molecule has 0 aromatic carbocycles. The smallest absolute Gasteiger partial charge is 0.191 e. The van der Waals surface area contributed by atoms with Crippen LogP contribution in [0.15, 0.2) is 11.2 Å². The minimum absolute atomic E-state index is 0.240. The quantitative estimate of drug-likeness (QED) is 0.462. The van der Waals surface area contributed by atoms with E-state index < -0.39 is 0 Å². The lowest BCUT2D eigenvalue weighted by Gasteiger charge is -2.40. The summed E-state index contributed by atoms with van der Waals surface area (Å²) in [6, 6.07) is 0.826. The van der Waals surface area contributed by atoms with Gasteiger partial charge in [0, 0.05) is 43.8 Å². The maximum Gasteiger partial charge on any atom is 0.191 e. The van der Waals surface area contributed by atoms with E-state index in [0.717, 1.165) is 31.8 Å². The van der Waals surface area contributed by atoms with Crippen molar-refractivity contribution in [2.45, 2.75) is 89.3 Å². The summed E-state index contributed by atoms with van der Waals surface area (Å²) < 4.78 is 2.10. The van der Waals surface area contributed by atoms with Crippen LogP contribution in [0.3, 0.4) is 0 Å². The van der Waals surface area contributed by atoms with Gasteiger partial charge in [0.25, 0.3) is 0 Å². The number of aryl methyl sites for hydroxylation is 1. The molecule has 3 rings (SSSR count). The van der Waals surface area contributed by atoms with Gasteiger partial charge in [-0.1, -0.05) is 25.7 Å². The van der Waals surface area contributed by atoms with Gasteiger partial charge in [-0.3, -0.25) is 9.67 Å². The molecule has 0 spiro atoms. The molecule has 1 unspecified atom stereocenters. The highest BCUT2D eigenvalue weighted by atomic mass is 15.3. The zero-order chi connectivity index (χ0) is 20.1. The van der Waals surface area contributed by atoms with Crippen LogP contribution in [0.1, 0.15) is 76.1 Å². The number of nitrogens with zero attached hydrogens (tertiary/aromatic N) is 4. The average molecular weight is 389 g/mol. The van der Waals surface area contributed by atoms with Crippen LogP contribution in [0.4, 0.5) is 0 Å². The fourth-order valence-corrected chi connectivity index (χ4v) is 4.71. The molecule has 0 bridgehead atoms. The van der Waals surface area contributed by atoms with Gasteiger partial charge >= 0.3 is 0 Å². The number of nitrogens with one attached hydrogen (secondary N) is 2. The molecule has 158 valence electrons. The Morgan fingerprint density at radius 1 is 1.29 bits per heavy atom. The standard InChI is InChI=1S/C22H40N6/c1-17(2)28-15-18-10-11-19(14-20(18)26-28)25-21(23-3)24-16-22(27(4)5)12-8-6-7-9-13-22/h15,17,19H,6-14,16H2,1-5H3,(H2,23,24,25). The highest BCUT2D eigenvalue weighted by Crippen LogP contribution is 2.30. The van der Waals surface area contributed by atoms with E-state index >= 15 is 0 Å². The molecule has 1 fully saturated rings. The van der Waals surface area contributed by atoms with E-state index in [-0.39, 0.29) is 5.54 Å². The predicted octanol–water partition coefficient (Wildman–Crippen LogP) is 3.14. The molecule has 1 aromatic heterocycles. The molecule has 2 N–H and O–H groups in total. The molecule has 1 heterocycles. The van der Waals surface area contributed by atoms with Crippen LogP contribution in [0.25, 0.3) is 0 Å². The lowest BCUT2D eigenvalue weighted by molar-refractivity contribution is 0.132. The summed E-state index contributed by atoms with van der Waals surface area (Å²) in [7, 11) is 6.35. The number of hydrogen-bond donors (Lipinski definition) is 2. The number of rotatable bonds is 5. The Hall–Kier alpha value is -1.56. The van der Waals surface area contributed by atoms with Gasteiger partial charge in [0.1, 0.15) is 0 Å². The first-order chi connectivity index (χ1) is 13.4. The van der Waals surface area contributed by atoms with Crippen molar-refractivity contribution in [1.82, 2.24) is 25.3 Å². The fraction of sp³-hybridized carbons (Fsp3) is 0.818. The third-order valence-electron chi connectivity index (χ3n) is 6.76. The third kappa shape index (κ3) is 4.88. The summed E-state index contributed by atoms with van der Waals surface area (Å²) in [6.45, 7) is 5.34. The first-order valence-electron chi connectivity index (χ1n) is 11.1. The van der Waals surface area contributed by atoms with Gasteiger partial charge in [-0.15, -0.1) is 0 Å². The van der Waals surface area contributed by atoms with Crippen LogP contribution in [-0.4, -0.2) is 59.9 Å². The van der Waals surface area contributed by atoms with Crippen molar-refractivity contribution in [3.05, 3.63) is 17.5 Å². The van der Waals surface area contributed by atoms with Crippen molar-refractivity contribution in [1.29, 1.82) is 0 Å². The number of hydrogen-bond acceptors (Lipinski definition) is 3. The topological polar surface area (TPSA) is 57.5 Å². The second-order valence-corrected chi connectivity index (χ2v) is 9.22. The Bertz CT molecular complexity index is 652. The summed E-state index contributed by atoms with van der Waals surface area (Å²) in [6.07, 6.45) is 13.4. The lowest BCUT2D eigenvalue weighted by atomic mass is 9.88. The van der Waals surface area contributed by atoms with Crippen molar-refractivity contribution in [3.63, 3.8) is 0 Å². The highest BCUT2D eigenvalue weighted by Gasteiger charge is 2.33. The Morgan fingerprint density at radius 3 is 2.61 bits per heavy atom. The molecule has 1 saturated carbocycles. The van der Waals surface area contributed by atoms with Gasteiger partial charge in [0.2, 0.25) is 0 Å². The molecule has 1 aromatic rings. The van der Waals surface area contributed by atoms with Crippen molar-refractivity contribution < 1.29 is 0 Å². The number of aliphatic imine (C=N–C) groups is 1. The summed E-state index contributed by atoms with van der Waals surface area (Å²) >= 11 is 0. The number of fused-ring (bicyclic) bond motifs is 1. The first-order valence-corrected chi connectivity index (χ1v) is 11.1. The monoisotopic (exact) mass is 388 g/mol. The predicted molar refractivity (Wildman–Crippen MR) is 117 cm³/mol. The van der Waals surface area contributed by atoms with E-state index in [4.69, 9.17) is 5.10 Å². The lowest BCUT2D eigenvalue weighted by Crippen LogP contribution is -2.55. The van der Waals surface area contributed by atoms with Crippen LogP contribution >= 0.6 is 0 Å². The molecule has 0 radical (unpaired) electrons. The summed E-state index contributed by atoms with van der Waals surface area (Å²) in [5.74, 6) is 0.933. The Balaban J connectivity index is 1.58. The normalized spacial score (nSPS) is 22.8. The van der Waals surface area contributed by atoms with Crippen molar-refractivity contribution in [3.8, 4) is 0 Å². The largest absolute Gasteiger partial charge is 0.355 e. The molecule has 6 nitrogen and oxygen atoms in total. The van der Waals surface area contributed by atoms with Crippen LogP contribution in [0, 0.1) is 0 Å². The van der Waals surface area contributed by atoms with Crippen LogP contribution in [-0.2, 0) is 12.8 Å². The van der Waals surface area contributed by atoms with Gasteiger partial charge in [-0.05, 0) is 59.2 Å². The SMILES string of the molecule is CN=C(NCC1(N(C)C)CCCCCC1)NC1CCc2cn(C(C)C)nc2C1. The van der Waals surface area contributed by atoms with Crippen molar-refractivity contribution in [2.24, 2.45) is 4.99 Å². The maximum atomic E-state index is 4.81. The second kappa shape index (κ2) is 9.29. The molecule has 1 atom stereocenters. The molecule has 0 aliphatic heterocycles. The molecule has 28 heavy (non-hydrogen) atoms. The van der Waals surface area contributed by atoms with Gasteiger partial charge in [-0.25, -0.2) is 0 Å². The summed E-state index contributed by atoms with van der Waals surface area (Å²) in [5, 5.41) is 12.1. The molecule has 0 amide bonds. The number of likely N-dealkylation sites (N-methyl/N-ethyl adjacent to an activating group) is 1. The zero-order valence-electron chi connectivity index (χ0n) is 18.6. The third-order valence-corrected chi connectivity index (χ3v) is 6.76. The van der Waals surface area contributed by atoms with Gasteiger partial charge in [0.15, 0.2) is 5.96 Å². The van der Waals surface area contributed by atoms with Crippen LogP contribution in [0.5, 0.6) is 0 Å². The second-order valence-electron chi connectivity index (χ2n) is 9.22. The summed E-state index contributed by atoms with van der Waals surface area (Å²) in [4.78, 5) is 6.95. The Kier molecular flexibility index (Phi) is 7.02. The molecule has 2 aliphatic carbocycles. The van der Waals surface area contributed by atoms with Gasteiger partial charge in [0.05, 0.1) is 5.69 Å². The molecular weight excluding hydrogens is 348 g/mol. The van der Waals surface area contributed by atoms with E-state index in [1.165, 1.54) is 49.8 Å². The van der Waals surface area contributed by atoms with Crippen LogP contribution in [0.2, 0.25) is 0 Å². The van der Waals surface area contributed by atoms with E-state index in [1.807, 2.05) is 7.05 Å². The van der Waals surface area contributed by atoms with Crippen molar-refractivity contribution in [2.75, 3.05) is 27.7 Å². The van der Waals surface area contributed by atoms with Gasteiger partial charge in [-0.2, -0.15) is 5.10 Å². The molecule has 2 aliphatic rings. The first kappa shape index (κ1) is 21.2.